The van der Waals surface area contributed by atoms with Crippen LogP contribution in [0.1, 0.15) is 20.3 Å². The zero-order valence-corrected chi connectivity index (χ0v) is 9.37. The molecule has 0 aromatic rings. The first kappa shape index (κ1) is 11.9. The van der Waals surface area contributed by atoms with E-state index < -0.39 is 11.1 Å². The van der Waals surface area contributed by atoms with Crippen molar-refractivity contribution in [1.82, 2.24) is 5.32 Å². The average Bonchev–Trinajstić information content (AvgIpc) is 2.13. The summed E-state index contributed by atoms with van der Waals surface area (Å²) in [5.74, 6) is 0.381. The first-order valence-corrected chi connectivity index (χ1v) is 5.00. The van der Waals surface area contributed by atoms with Gasteiger partial charge in [-0.15, -0.1) is 0 Å². The Morgan fingerprint density at radius 2 is 2.21 bits per heavy atom. The highest BCUT2D eigenvalue weighted by Gasteiger charge is 2.61. The number of hydrogen-bond donors (Lipinski definition) is 3. The van der Waals surface area contributed by atoms with E-state index in [1.807, 2.05) is 0 Å². The molecule has 0 heterocycles. The second kappa shape index (κ2) is 3.77. The molecule has 0 radical (unpaired) electrons. The summed E-state index contributed by atoms with van der Waals surface area (Å²) in [5.41, 5.74) is -1.66. The lowest BCUT2D eigenvalue weighted by Crippen LogP contribution is -2.70. The van der Waals surface area contributed by atoms with Crippen molar-refractivity contribution in [3.05, 3.63) is 0 Å². The Kier molecular flexibility index (Phi) is 3.21. The van der Waals surface area contributed by atoms with Crippen molar-refractivity contribution < 1.29 is 14.9 Å². The molecular formula is C10H21NO3. The van der Waals surface area contributed by atoms with Crippen LogP contribution in [0.5, 0.6) is 0 Å². The molecule has 0 spiro atoms. The average molecular weight is 203 g/mol. The summed E-state index contributed by atoms with van der Waals surface area (Å²) in [7, 11) is 3.31. The zero-order valence-electron chi connectivity index (χ0n) is 9.37. The topological polar surface area (TPSA) is 61.7 Å². The van der Waals surface area contributed by atoms with Gasteiger partial charge < -0.3 is 14.9 Å². The highest BCUT2D eigenvalue weighted by molar-refractivity contribution is 5.09. The molecule has 0 bridgehead atoms. The molecule has 1 aliphatic carbocycles. The molecule has 0 amide bonds. The SMILES string of the molecule is CNC(C)(O)C1(CO)CC(C)C1OC. The van der Waals surface area contributed by atoms with Crippen LogP contribution < -0.4 is 5.32 Å². The molecule has 0 aromatic carbocycles. The Morgan fingerprint density at radius 1 is 1.64 bits per heavy atom. The summed E-state index contributed by atoms with van der Waals surface area (Å²) >= 11 is 0. The minimum Gasteiger partial charge on any atom is -0.396 e. The number of hydrogen-bond acceptors (Lipinski definition) is 4. The molecule has 1 fully saturated rings. The minimum atomic E-state index is -1.09. The lowest BCUT2D eigenvalue weighted by molar-refractivity contribution is -0.251. The molecule has 3 N–H and O–H groups in total. The minimum absolute atomic E-state index is 0.0658. The second-order valence-electron chi connectivity index (χ2n) is 4.47. The number of methoxy groups -OCH3 is 1. The Bertz CT molecular complexity index is 208. The van der Waals surface area contributed by atoms with E-state index in [1.165, 1.54) is 0 Å². The van der Waals surface area contributed by atoms with E-state index in [0.29, 0.717) is 5.92 Å². The van der Waals surface area contributed by atoms with Gasteiger partial charge in [0.25, 0.3) is 0 Å². The number of rotatable bonds is 4. The van der Waals surface area contributed by atoms with Gasteiger partial charge in [-0.25, -0.2) is 0 Å². The summed E-state index contributed by atoms with van der Waals surface area (Å²) in [6.45, 7) is 3.68. The monoisotopic (exact) mass is 203 g/mol. The standard InChI is InChI=1S/C10H21NO3/c1-7-5-10(6-12,8(7)14-4)9(2,13)11-3/h7-8,11-13H,5-6H2,1-4H3. The third kappa shape index (κ3) is 1.37. The van der Waals surface area contributed by atoms with Gasteiger partial charge >= 0.3 is 0 Å². The fourth-order valence-corrected chi connectivity index (χ4v) is 2.67. The van der Waals surface area contributed by atoms with Crippen LogP contribution in [0.25, 0.3) is 0 Å². The largest absolute Gasteiger partial charge is 0.396 e. The number of aliphatic hydroxyl groups is 2. The maximum absolute atomic E-state index is 10.2. The molecule has 4 heteroatoms. The predicted octanol–water partition coefficient (Wildman–Crippen LogP) is -0.0522. The maximum atomic E-state index is 10.2. The summed E-state index contributed by atoms with van der Waals surface area (Å²) in [6, 6.07) is 0. The molecule has 4 atom stereocenters. The lowest BCUT2D eigenvalue weighted by Gasteiger charge is -2.58. The summed E-state index contributed by atoms with van der Waals surface area (Å²) in [5, 5.41) is 22.4. The number of nitrogens with one attached hydrogen (secondary N) is 1. The van der Waals surface area contributed by atoms with E-state index in [0.717, 1.165) is 6.42 Å². The quantitative estimate of drug-likeness (QED) is 0.561. The molecule has 4 nitrogen and oxygen atoms in total. The van der Waals surface area contributed by atoms with Gasteiger partial charge in [0.05, 0.1) is 18.1 Å². The van der Waals surface area contributed by atoms with Crippen LogP contribution in [0.15, 0.2) is 0 Å². The summed E-state index contributed by atoms with van der Waals surface area (Å²) < 4.78 is 5.33. The molecular weight excluding hydrogens is 182 g/mol. The van der Waals surface area contributed by atoms with E-state index in [1.54, 1.807) is 21.1 Å². The fraction of sp³-hybridized carbons (Fsp3) is 1.00. The smallest absolute Gasteiger partial charge is 0.123 e. The first-order chi connectivity index (χ1) is 6.45. The van der Waals surface area contributed by atoms with Gasteiger partial charge in [0.2, 0.25) is 0 Å². The van der Waals surface area contributed by atoms with Gasteiger partial charge in [-0.3, -0.25) is 5.32 Å². The predicted molar refractivity (Wildman–Crippen MR) is 53.8 cm³/mol. The number of aliphatic hydroxyl groups excluding tert-OH is 1. The Labute approximate surface area is 85.3 Å². The molecule has 4 unspecified atom stereocenters. The van der Waals surface area contributed by atoms with Gasteiger partial charge in [-0.05, 0) is 26.3 Å². The highest BCUT2D eigenvalue weighted by Crippen LogP contribution is 2.52. The Hall–Kier alpha value is -0.160. The van der Waals surface area contributed by atoms with Gasteiger partial charge in [-0.2, -0.15) is 0 Å². The lowest BCUT2D eigenvalue weighted by atomic mass is 9.55. The van der Waals surface area contributed by atoms with E-state index in [2.05, 4.69) is 12.2 Å². The van der Waals surface area contributed by atoms with E-state index in [9.17, 15) is 10.2 Å². The van der Waals surface area contributed by atoms with Gasteiger partial charge in [0.1, 0.15) is 5.72 Å². The zero-order chi connectivity index (χ0) is 11.0. The number of ether oxygens (including phenoxy) is 1. The third-order valence-electron chi connectivity index (χ3n) is 3.74. The van der Waals surface area contributed by atoms with Crippen LogP contribution >= 0.6 is 0 Å². The van der Waals surface area contributed by atoms with Crippen LogP contribution in [0, 0.1) is 11.3 Å². The van der Waals surface area contributed by atoms with E-state index >= 15 is 0 Å². The van der Waals surface area contributed by atoms with Crippen molar-refractivity contribution in [3.8, 4) is 0 Å². The van der Waals surface area contributed by atoms with Gasteiger partial charge in [0, 0.05) is 7.11 Å². The van der Waals surface area contributed by atoms with Crippen molar-refractivity contribution in [3.63, 3.8) is 0 Å². The van der Waals surface area contributed by atoms with Crippen molar-refractivity contribution in [1.29, 1.82) is 0 Å². The molecule has 0 aromatic heterocycles. The van der Waals surface area contributed by atoms with Crippen LogP contribution in [-0.4, -0.2) is 42.8 Å². The summed E-state index contributed by atoms with van der Waals surface area (Å²) in [6.07, 6.45) is 0.686. The maximum Gasteiger partial charge on any atom is 0.123 e. The van der Waals surface area contributed by atoms with Crippen molar-refractivity contribution in [2.75, 3.05) is 20.8 Å². The van der Waals surface area contributed by atoms with Crippen molar-refractivity contribution in [2.24, 2.45) is 11.3 Å². The van der Waals surface area contributed by atoms with Gasteiger partial charge in [0.15, 0.2) is 0 Å². The highest BCUT2D eigenvalue weighted by atomic mass is 16.5. The van der Waals surface area contributed by atoms with Crippen LogP contribution in [0.2, 0.25) is 0 Å². The normalized spacial score (nSPS) is 41.6. The van der Waals surface area contributed by atoms with Crippen molar-refractivity contribution in [2.45, 2.75) is 32.1 Å². The molecule has 1 rings (SSSR count). The van der Waals surface area contributed by atoms with Crippen molar-refractivity contribution >= 4 is 0 Å². The molecule has 1 saturated carbocycles. The second-order valence-corrected chi connectivity index (χ2v) is 4.47. The molecule has 1 aliphatic rings. The molecule has 14 heavy (non-hydrogen) atoms. The molecule has 0 aliphatic heterocycles. The Balaban J connectivity index is 2.89. The molecule has 0 saturated heterocycles. The van der Waals surface area contributed by atoms with Crippen LogP contribution in [-0.2, 0) is 4.74 Å². The van der Waals surface area contributed by atoms with Crippen LogP contribution in [0.3, 0.4) is 0 Å². The van der Waals surface area contributed by atoms with E-state index in [-0.39, 0.29) is 12.7 Å². The molecule has 84 valence electrons. The first-order valence-electron chi connectivity index (χ1n) is 5.00. The summed E-state index contributed by atoms with van der Waals surface area (Å²) in [4.78, 5) is 0. The third-order valence-corrected chi connectivity index (χ3v) is 3.74. The van der Waals surface area contributed by atoms with Gasteiger partial charge in [-0.1, -0.05) is 6.92 Å². The fourth-order valence-electron chi connectivity index (χ4n) is 2.67. The van der Waals surface area contributed by atoms with E-state index in [4.69, 9.17) is 4.74 Å². The van der Waals surface area contributed by atoms with Crippen LogP contribution in [0.4, 0.5) is 0 Å². The Morgan fingerprint density at radius 3 is 2.50 bits per heavy atom.